The summed E-state index contributed by atoms with van der Waals surface area (Å²) in [5, 5.41) is 11.9. The van der Waals surface area contributed by atoms with Crippen LogP contribution in [0, 0.1) is 5.82 Å². The van der Waals surface area contributed by atoms with E-state index >= 15 is 0 Å². The van der Waals surface area contributed by atoms with Crippen molar-refractivity contribution in [2.45, 2.75) is 12.1 Å². The molecule has 1 saturated heterocycles. The Morgan fingerprint density at radius 2 is 2.22 bits per heavy atom. The highest BCUT2D eigenvalue weighted by Gasteiger charge is 2.31. The number of aliphatic carboxylic acids is 1. The van der Waals surface area contributed by atoms with Crippen molar-refractivity contribution in [3.8, 4) is 0 Å². The fraction of sp³-hybridized carbons (Fsp3) is 0.364. The van der Waals surface area contributed by atoms with E-state index in [1.54, 1.807) is 12.1 Å². The lowest BCUT2D eigenvalue weighted by Crippen LogP contribution is -2.49. The zero-order valence-corrected chi connectivity index (χ0v) is 11.6. The van der Waals surface area contributed by atoms with Crippen LogP contribution in [0.25, 0.3) is 0 Å². The first-order chi connectivity index (χ1) is 8.47. The van der Waals surface area contributed by atoms with E-state index in [0.29, 0.717) is 10.2 Å². The van der Waals surface area contributed by atoms with Crippen LogP contribution in [0.1, 0.15) is 11.6 Å². The molecule has 2 N–H and O–H groups in total. The third-order valence-corrected chi connectivity index (χ3v) is 4.77. The molecule has 18 heavy (non-hydrogen) atoms. The average Bonchev–Trinajstić information content (AvgIpc) is 2.31. The molecule has 0 spiro atoms. The van der Waals surface area contributed by atoms with Crippen molar-refractivity contribution >= 4 is 32.7 Å². The van der Waals surface area contributed by atoms with Gasteiger partial charge in [0.1, 0.15) is 11.9 Å². The summed E-state index contributed by atoms with van der Waals surface area (Å²) in [5.41, 5.74) is 0.725. The molecule has 1 aromatic rings. The van der Waals surface area contributed by atoms with Crippen molar-refractivity contribution in [2.24, 2.45) is 0 Å². The molecule has 7 heteroatoms. The van der Waals surface area contributed by atoms with Crippen LogP contribution in [0.2, 0.25) is 0 Å². The molecular formula is C11H11BrFNO3S. The van der Waals surface area contributed by atoms with Gasteiger partial charge in [-0.2, -0.15) is 0 Å². The highest BCUT2D eigenvalue weighted by Crippen LogP contribution is 2.24. The highest BCUT2D eigenvalue weighted by molar-refractivity contribution is 9.10. The van der Waals surface area contributed by atoms with Crippen LogP contribution >= 0.6 is 15.9 Å². The molecule has 1 aliphatic heterocycles. The van der Waals surface area contributed by atoms with Gasteiger partial charge in [0.15, 0.2) is 0 Å². The van der Waals surface area contributed by atoms with Gasteiger partial charge >= 0.3 is 5.97 Å². The number of rotatable bonds is 2. The van der Waals surface area contributed by atoms with Gasteiger partial charge in [-0.3, -0.25) is 14.3 Å². The third kappa shape index (κ3) is 2.96. The molecule has 1 aromatic carbocycles. The van der Waals surface area contributed by atoms with Gasteiger partial charge < -0.3 is 5.11 Å². The molecule has 0 amide bonds. The predicted octanol–water partition coefficient (Wildman–Crippen LogP) is 1.43. The van der Waals surface area contributed by atoms with Crippen molar-refractivity contribution in [3.63, 3.8) is 0 Å². The fourth-order valence-electron chi connectivity index (χ4n) is 1.84. The van der Waals surface area contributed by atoms with Gasteiger partial charge in [0.2, 0.25) is 0 Å². The molecule has 0 radical (unpaired) electrons. The summed E-state index contributed by atoms with van der Waals surface area (Å²) in [6.07, 6.45) is 0. The van der Waals surface area contributed by atoms with Gasteiger partial charge in [-0.15, -0.1) is 0 Å². The monoisotopic (exact) mass is 335 g/mol. The van der Waals surface area contributed by atoms with E-state index in [2.05, 4.69) is 21.2 Å². The number of halogens is 2. The van der Waals surface area contributed by atoms with E-state index in [0.717, 1.165) is 5.56 Å². The molecule has 2 rings (SSSR count). The molecule has 0 saturated carbocycles. The summed E-state index contributed by atoms with van der Waals surface area (Å²) in [7, 11) is -1.19. The molecular weight excluding hydrogens is 325 g/mol. The Hall–Kier alpha value is -0.790. The summed E-state index contributed by atoms with van der Waals surface area (Å²) in [4.78, 5) is 10.9. The first-order valence-electron chi connectivity index (χ1n) is 5.26. The topological polar surface area (TPSA) is 66.4 Å². The minimum absolute atomic E-state index is 0.105. The van der Waals surface area contributed by atoms with Crippen LogP contribution in [0.15, 0.2) is 22.7 Å². The van der Waals surface area contributed by atoms with E-state index in [-0.39, 0.29) is 17.6 Å². The van der Waals surface area contributed by atoms with Gasteiger partial charge in [-0.1, -0.05) is 6.07 Å². The number of carboxylic acids is 1. The summed E-state index contributed by atoms with van der Waals surface area (Å²) in [6.45, 7) is 0. The standard InChI is InChI=1S/C11H11BrFNO3S/c12-7-3-6(1-2-8(7)13)9-4-18(17)5-10(14-9)11(15)16/h1-3,9-10,14H,4-5H2,(H,15,16). The van der Waals surface area contributed by atoms with E-state index in [9.17, 15) is 13.4 Å². The number of benzene rings is 1. The number of carbonyl (C=O) groups is 1. The van der Waals surface area contributed by atoms with E-state index in [4.69, 9.17) is 5.11 Å². The maximum Gasteiger partial charge on any atom is 0.321 e. The third-order valence-electron chi connectivity index (χ3n) is 2.75. The zero-order valence-electron chi connectivity index (χ0n) is 9.23. The number of hydrogen-bond donors (Lipinski definition) is 2. The molecule has 1 aliphatic rings. The summed E-state index contributed by atoms with van der Waals surface area (Å²) in [5.74, 6) is -0.963. The van der Waals surface area contributed by atoms with Gasteiger partial charge in [-0.25, -0.2) is 4.39 Å². The van der Waals surface area contributed by atoms with E-state index in [1.807, 2.05) is 0 Å². The zero-order chi connectivity index (χ0) is 13.3. The Bertz CT molecular complexity index is 511. The lowest BCUT2D eigenvalue weighted by Gasteiger charge is -2.28. The van der Waals surface area contributed by atoms with Crippen LogP contribution in [-0.2, 0) is 15.6 Å². The lowest BCUT2D eigenvalue weighted by molar-refractivity contribution is -0.139. The quantitative estimate of drug-likeness (QED) is 0.858. The highest BCUT2D eigenvalue weighted by atomic mass is 79.9. The molecule has 1 heterocycles. The van der Waals surface area contributed by atoms with Gasteiger partial charge in [-0.05, 0) is 33.6 Å². The second kappa shape index (κ2) is 5.46. The molecule has 98 valence electrons. The molecule has 3 atom stereocenters. The Kier molecular flexibility index (Phi) is 4.14. The van der Waals surface area contributed by atoms with Crippen molar-refractivity contribution in [3.05, 3.63) is 34.1 Å². The summed E-state index contributed by atoms with van der Waals surface area (Å²) >= 11 is 3.08. The average molecular weight is 336 g/mol. The minimum Gasteiger partial charge on any atom is -0.480 e. The van der Waals surface area contributed by atoms with Crippen LogP contribution in [-0.4, -0.2) is 32.8 Å². The maximum atomic E-state index is 13.1. The Balaban J connectivity index is 2.23. The smallest absolute Gasteiger partial charge is 0.321 e. The van der Waals surface area contributed by atoms with Gasteiger partial charge in [0, 0.05) is 28.3 Å². The Morgan fingerprint density at radius 1 is 1.50 bits per heavy atom. The van der Waals surface area contributed by atoms with E-state index in [1.165, 1.54) is 6.07 Å². The predicted molar refractivity (Wildman–Crippen MR) is 69.3 cm³/mol. The molecule has 3 unspecified atom stereocenters. The van der Waals surface area contributed by atoms with Crippen molar-refractivity contribution in [1.29, 1.82) is 0 Å². The summed E-state index contributed by atoms with van der Waals surface area (Å²) < 4.78 is 25.1. The summed E-state index contributed by atoms with van der Waals surface area (Å²) in [6, 6.07) is 3.29. The first kappa shape index (κ1) is 13.6. The molecule has 1 fully saturated rings. The van der Waals surface area contributed by atoms with Gasteiger partial charge in [0.05, 0.1) is 4.47 Å². The van der Waals surface area contributed by atoms with Crippen molar-refractivity contribution in [1.82, 2.24) is 5.32 Å². The number of hydrogen-bond acceptors (Lipinski definition) is 3. The van der Waals surface area contributed by atoms with Crippen LogP contribution in [0.4, 0.5) is 4.39 Å². The minimum atomic E-state index is -1.19. The van der Waals surface area contributed by atoms with Crippen LogP contribution < -0.4 is 5.32 Å². The second-order valence-electron chi connectivity index (χ2n) is 4.06. The lowest BCUT2D eigenvalue weighted by atomic mass is 10.1. The number of carboxylic acid groups (broad SMARTS) is 1. The van der Waals surface area contributed by atoms with Crippen molar-refractivity contribution in [2.75, 3.05) is 11.5 Å². The van der Waals surface area contributed by atoms with Crippen LogP contribution in [0.5, 0.6) is 0 Å². The van der Waals surface area contributed by atoms with Crippen LogP contribution in [0.3, 0.4) is 0 Å². The van der Waals surface area contributed by atoms with E-state index < -0.39 is 22.8 Å². The fourth-order valence-corrected chi connectivity index (χ4v) is 3.65. The Morgan fingerprint density at radius 3 is 2.83 bits per heavy atom. The first-order valence-corrected chi connectivity index (χ1v) is 7.54. The Labute approximate surface area is 114 Å². The molecule has 4 nitrogen and oxygen atoms in total. The largest absolute Gasteiger partial charge is 0.480 e. The molecule has 0 bridgehead atoms. The molecule has 0 aromatic heterocycles. The second-order valence-corrected chi connectivity index (χ2v) is 6.46. The molecule has 0 aliphatic carbocycles. The SMILES string of the molecule is O=C(O)C1CS(=O)CC(c2ccc(F)c(Br)c2)N1. The normalized spacial score (nSPS) is 28.0. The number of nitrogens with one attached hydrogen (secondary N) is 1. The maximum absolute atomic E-state index is 13.1. The van der Waals surface area contributed by atoms with Crippen molar-refractivity contribution < 1.29 is 18.5 Å². The van der Waals surface area contributed by atoms with Gasteiger partial charge in [0.25, 0.3) is 0 Å².